The molecule has 4 heterocycles. The Morgan fingerprint density at radius 3 is 2.60 bits per heavy atom. The average Bonchev–Trinajstić information content (AvgIpc) is 3.60. The first-order valence-corrected chi connectivity index (χ1v) is 13.0. The van der Waals surface area contributed by atoms with Crippen LogP contribution in [0.15, 0.2) is 71.8 Å². The van der Waals surface area contributed by atoms with Crippen molar-refractivity contribution in [2.45, 2.75) is 31.7 Å². The molecule has 6 rings (SSSR count). The van der Waals surface area contributed by atoms with Gasteiger partial charge in [-0.2, -0.15) is 5.26 Å². The zero-order chi connectivity index (χ0) is 27.9. The fourth-order valence-corrected chi connectivity index (χ4v) is 4.93. The van der Waals surface area contributed by atoms with E-state index in [1.807, 2.05) is 62.4 Å². The van der Waals surface area contributed by atoms with Crippen LogP contribution in [0.4, 0.5) is 10.6 Å². The number of hydrogen-bond donors (Lipinski definition) is 3. The number of rotatable bonds is 5. The molecule has 0 aliphatic carbocycles. The topological polar surface area (TPSA) is 138 Å². The molecular weight excluding hydrogens is 506 g/mol. The normalized spacial score (nSPS) is 15.3. The maximum atomic E-state index is 13.1. The maximum Gasteiger partial charge on any atom is 0.331 e. The first-order chi connectivity index (χ1) is 19.3. The molecule has 1 atom stereocenters. The van der Waals surface area contributed by atoms with Crippen molar-refractivity contribution >= 4 is 33.8 Å². The standard InChI is InChI=1S/C30H27N7O3/c1-30(2,17-31)20-5-7-22(8-6-20)37-27-23-13-18(3-9-24(23)32-15-25(27)35-29(37)39)19-4-10-26(33-14-19)36-28(38)34-21-11-12-40-16-21/h3-10,13-15,21H,11-12,16H2,1-2H3,(H,35,39)(H2,33,34,36,38). The summed E-state index contributed by atoms with van der Waals surface area (Å²) in [6.45, 7) is 4.89. The third kappa shape index (κ3) is 4.67. The number of anilines is 1. The van der Waals surface area contributed by atoms with Crippen LogP contribution in [0.1, 0.15) is 25.8 Å². The van der Waals surface area contributed by atoms with E-state index in [4.69, 9.17) is 4.74 Å². The van der Waals surface area contributed by atoms with Gasteiger partial charge in [0.15, 0.2) is 0 Å². The van der Waals surface area contributed by atoms with Gasteiger partial charge in [-0.05, 0) is 67.8 Å². The van der Waals surface area contributed by atoms with E-state index in [9.17, 15) is 14.9 Å². The van der Waals surface area contributed by atoms with Gasteiger partial charge in [-0.15, -0.1) is 0 Å². The molecule has 1 saturated heterocycles. The van der Waals surface area contributed by atoms with Crippen LogP contribution in [0.2, 0.25) is 0 Å². The van der Waals surface area contributed by atoms with E-state index in [-0.39, 0.29) is 17.8 Å². The Kier molecular flexibility index (Phi) is 6.28. The van der Waals surface area contributed by atoms with Crippen molar-refractivity contribution in [2.75, 3.05) is 18.5 Å². The Morgan fingerprint density at radius 2 is 1.90 bits per heavy atom. The maximum absolute atomic E-state index is 13.1. The number of H-pyrrole nitrogens is 1. The summed E-state index contributed by atoms with van der Waals surface area (Å²) in [5.41, 5.74) is 4.45. The number of aromatic amines is 1. The fourth-order valence-electron chi connectivity index (χ4n) is 4.93. The molecule has 10 heteroatoms. The summed E-state index contributed by atoms with van der Waals surface area (Å²) in [6, 6.07) is 18.9. The molecule has 1 unspecified atom stereocenters. The van der Waals surface area contributed by atoms with E-state index in [0.717, 1.165) is 34.0 Å². The van der Waals surface area contributed by atoms with Gasteiger partial charge in [-0.3, -0.25) is 14.9 Å². The number of benzene rings is 2. The van der Waals surface area contributed by atoms with E-state index in [2.05, 4.69) is 31.7 Å². The number of urea groups is 1. The number of imidazole rings is 1. The first kappa shape index (κ1) is 25.3. The van der Waals surface area contributed by atoms with Gasteiger partial charge in [0.05, 0.1) is 52.6 Å². The van der Waals surface area contributed by atoms with Crippen molar-refractivity contribution in [2.24, 2.45) is 0 Å². The van der Waals surface area contributed by atoms with E-state index in [1.165, 1.54) is 0 Å². The monoisotopic (exact) mass is 533 g/mol. The molecule has 2 aromatic carbocycles. The Labute approximate surface area is 229 Å². The van der Waals surface area contributed by atoms with Crippen LogP contribution >= 0.6 is 0 Å². The van der Waals surface area contributed by atoms with Crippen molar-refractivity contribution in [3.8, 4) is 22.9 Å². The summed E-state index contributed by atoms with van der Waals surface area (Å²) in [6.07, 6.45) is 4.15. The molecule has 2 amide bonds. The number of nitrogens with one attached hydrogen (secondary N) is 3. The second-order valence-electron chi connectivity index (χ2n) is 10.4. The lowest BCUT2D eigenvalue weighted by molar-refractivity contribution is 0.189. The highest BCUT2D eigenvalue weighted by Gasteiger charge is 2.21. The van der Waals surface area contributed by atoms with Crippen LogP contribution in [0.3, 0.4) is 0 Å². The third-order valence-electron chi connectivity index (χ3n) is 7.24. The minimum absolute atomic E-state index is 0.00970. The number of nitrogens with zero attached hydrogens (tertiary/aromatic N) is 4. The highest BCUT2D eigenvalue weighted by molar-refractivity contribution is 6.04. The Hall–Kier alpha value is -5.01. The molecule has 5 aromatic rings. The summed E-state index contributed by atoms with van der Waals surface area (Å²) in [4.78, 5) is 37.2. The van der Waals surface area contributed by atoms with Crippen LogP contribution in [0.25, 0.3) is 38.8 Å². The summed E-state index contributed by atoms with van der Waals surface area (Å²) < 4.78 is 6.92. The van der Waals surface area contributed by atoms with Crippen molar-refractivity contribution < 1.29 is 9.53 Å². The van der Waals surface area contributed by atoms with Crippen LogP contribution in [0.5, 0.6) is 0 Å². The van der Waals surface area contributed by atoms with Crippen molar-refractivity contribution in [1.29, 1.82) is 5.26 Å². The van der Waals surface area contributed by atoms with E-state index in [1.54, 1.807) is 23.0 Å². The Morgan fingerprint density at radius 1 is 1.10 bits per heavy atom. The van der Waals surface area contributed by atoms with Gasteiger partial charge in [0.1, 0.15) is 5.82 Å². The van der Waals surface area contributed by atoms with Gasteiger partial charge in [-0.25, -0.2) is 14.6 Å². The average molecular weight is 534 g/mol. The fraction of sp³-hybridized carbons (Fsp3) is 0.233. The van der Waals surface area contributed by atoms with Crippen LogP contribution < -0.4 is 16.3 Å². The molecule has 1 aliphatic rings. The van der Waals surface area contributed by atoms with Gasteiger partial charge < -0.3 is 15.0 Å². The summed E-state index contributed by atoms with van der Waals surface area (Å²) in [5.74, 6) is 0.438. The Balaban J connectivity index is 1.34. The zero-order valence-electron chi connectivity index (χ0n) is 22.1. The quantitative estimate of drug-likeness (QED) is 0.301. The predicted molar refractivity (Wildman–Crippen MR) is 152 cm³/mol. The molecule has 3 N–H and O–H groups in total. The molecule has 0 bridgehead atoms. The van der Waals surface area contributed by atoms with Crippen LogP contribution in [-0.2, 0) is 10.2 Å². The minimum Gasteiger partial charge on any atom is -0.379 e. The van der Waals surface area contributed by atoms with Crippen molar-refractivity contribution in [1.82, 2.24) is 24.8 Å². The minimum atomic E-state index is -0.636. The largest absolute Gasteiger partial charge is 0.379 e. The number of ether oxygens (including phenoxy) is 1. The number of aromatic nitrogens is 4. The smallest absolute Gasteiger partial charge is 0.331 e. The van der Waals surface area contributed by atoms with Crippen LogP contribution in [-0.4, -0.2) is 44.8 Å². The zero-order valence-corrected chi connectivity index (χ0v) is 22.1. The molecule has 40 heavy (non-hydrogen) atoms. The molecule has 200 valence electrons. The highest BCUT2D eigenvalue weighted by Crippen LogP contribution is 2.30. The van der Waals surface area contributed by atoms with Crippen molar-refractivity contribution in [3.63, 3.8) is 0 Å². The molecule has 0 radical (unpaired) electrons. The number of pyridine rings is 2. The molecular formula is C30H27N7O3. The molecule has 1 aliphatic heterocycles. The first-order valence-electron chi connectivity index (χ1n) is 13.0. The van der Waals surface area contributed by atoms with Crippen molar-refractivity contribution in [3.05, 3.63) is 83.0 Å². The third-order valence-corrected chi connectivity index (χ3v) is 7.24. The number of amides is 2. The van der Waals surface area contributed by atoms with Gasteiger partial charge in [0.25, 0.3) is 0 Å². The summed E-state index contributed by atoms with van der Waals surface area (Å²) in [7, 11) is 0. The van der Waals surface area contributed by atoms with E-state index >= 15 is 0 Å². The molecule has 10 nitrogen and oxygen atoms in total. The van der Waals surface area contributed by atoms with Gasteiger partial charge in [-0.1, -0.05) is 18.2 Å². The lowest BCUT2D eigenvalue weighted by Crippen LogP contribution is -2.38. The summed E-state index contributed by atoms with van der Waals surface area (Å²) >= 11 is 0. The Bertz CT molecular complexity index is 1820. The summed E-state index contributed by atoms with van der Waals surface area (Å²) in [5, 5.41) is 15.9. The highest BCUT2D eigenvalue weighted by atomic mass is 16.5. The second kappa shape index (κ2) is 9.94. The SMILES string of the molecule is CC(C)(C#N)c1ccc(-n2c(=O)[nH]c3cnc4ccc(-c5ccc(NC(=O)NC6CCOC6)nc5)cc4c32)cc1. The van der Waals surface area contributed by atoms with E-state index in [0.29, 0.717) is 35.8 Å². The second-order valence-corrected chi connectivity index (χ2v) is 10.4. The van der Waals surface area contributed by atoms with Crippen LogP contribution in [0, 0.1) is 11.3 Å². The van der Waals surface area contributed by atoms with Gasteiger partial charge in [0, 0.05) is 23.8 Å². The number of hydrogen-bond acceptors (Lipinski definition) is 6. The van der Waals surface area contributed by atoms with E-state index < -0.39 is 5.41 Å². The number of nitriles is 1. The number of carbonyl (C=O) groups is 1. The molecule has 0 saturated carbocycles. The van der Waals surface area contributed by atoms with Gasteiger partial charge >= 0.3 is 11.7 Å². The lowest BCUT2D eigenvalue weighted by atomic mass is 9.86. The molecule has 0 spiro atoms. The predicted octanol–water partition coefficient (Wildman–Crippen LogP) is 4.64. The van der Waals surface area contributed by atoms with Gasteiger partial charge in [0.2, 0.25) is 0 Å². The number of fused-ring (bicyclic) bond motifs is 3. The molecule has 1 fully saturated rings. The number of carbonyl (C=O) groups excluding carboxylic acids is 1. The lowest BCUT2D eigenvalue weighted by Gasteiger charge is -2.16. The molecule has 3 aromatic heterocycles.